The Labute approximate surface area is 74.1 Å². The number of carboxylic acids is 1. The highest BCUT2D eigenvalue weighted by molar-refractivity contribution is 5.93. The first-order valence-corrected chi connectivity index (χ1v) is 3.47. The fourth-order valence-electron chi connectivity index (χ4n) is 0.917. The second-order valence-electron chi connectivity index (χ2n) is 2.36. The largest absolute Gasteiger partial charge is 0.478 e. The highest BCUT2D eigenvalue weighted by Gasteiger charge is 2.05. The van der Waals surface area contributed by atoms with Crippen LogP contribution < -0.4 is 5.48 Å². The predicted octanol–water partition coefficient (Wildman–Crippen LogP) is 1.18. The van der Waals surface area contributed by atoms with Crippen LogP contribution in [0.1, 0.15) is 15.9 Å². The average Bonchev–Trinajstić information content (AvgIpc) is 2.16. The second-order valence-corrected chi connectivity index (χ2v) is 2.36. The van der Waals surface area contributed by atoms with Crippen LogP contribution in [0.4, 0.5) is 5.69 Å². The molecule has 4 N–H and O–H groups in total. The molecule has 0 atom stereocenters. The molecule has 68 valence electrons. The molecule has 5 heteroatoms. The number of benzene rings is 1. The maximum atomic E-state index is 10.5. The van der Waals surface area contributed by atoms with E-state index < -0.39 is 5.97 Å². The van der Waals surface area contributed by atoms with E-state index in [1.807, 2.05) is 5.48 Å². The first-order chi connectivity index (χ1) is 6.19. The molecule has 0 aliphatic carbocycles. The van der Waals surface area contributed by atoms with Crippen molar-refractivity contribution in [2.75, 3.05) is 5.48 Å². The Morgan fingerprint density at radius 2 is 2.23 bits per heavy atom. The predicted molar refractivity (Wildman–Crippen MR) is 46.7 cm³/mol. The molecule has 0 aliphatic rings. The molecule has 0 aromatic heterocycles. The monoisotopic (exact) mass is 180 g/mol. The molecule has 0 bridgehead atoms. The zero-order valence-corrected chi connectivity index (χ0v) is 6.61. The third-order valence-corrected chi connectivity index (χ3v) is 1.57. The van der Waals surface area contributed by atoms with E-state index >= 15 is 0 Å². The van der Waals surface area contributed by atoms with Gasteiger partial charge in [0.15, 0.2) is 0 Å². The summed E-state index contributed by atoms with van der Waals surface area (Å²) >= 11 is 0. The molecule has 13 heavy (non-hydrogen) atoms. The van der Waals surface area contributed by atoms with Gasteiger partial charge in [-0.2, -0.15) is 0 Å². The minimum absolute atomic E-state index is 0.0810. The SMILES string of the molecule is N=Cc1cc(C(=O)O)ccc1NO. The lowest BCUT2D eigenvalue weighted by Crippen LogP contribution is -2.00. The number of carbonyl (C=O) groups is 1. The van der Waals surface area contributed by atoms with Crippen LogP contribution in [0.3, 0.4) is 0 Å². The second kappa shape index (κ2) is 3.68. The minimum atomic E-state index is -1.06. The molecule has 5 nitrogen and oxygen atoms in total. The average molecular weight is 180 g/mol. The Bertz CT molecular complexity index is 349. The Balaban J connectivity index is 3.20. The van der Waals surface area contributed by atoms with Gasteiger partial charge in [0.1, 0.15) is 0 Å². The molecule has 0 unspecified atom stereocenters. The number of carboxylic acid groups (broad SMARTS) is 1. The Morgan fingerprint density at radius 3 is 2.69 bits per heavy atom. The summed E-state index contributed by atoms with van der Waals surface area (Å²) in [5.41, 5.74) is 2.58. The van der Waals surface area contributed by atoms with E-state index in [2.05, 4.69) is 0 Å². The lowest BCUT2D eigenvalue weighted by molar-refractivity contribution is 0.0697. The van der Waals surface area contributed by atoms with E-state index in [1.54, 1.807) is 0 Å². The van der Waals surface area contributed by atoms with Gasteiger partial charge < -0.3 is 10.5 Å². The first-order valence-electron chi connectivity index (χ1n) is 3.47. The third-order valence-electron chi connectivity index (χ3n) is 1.57. The number of hydrogen-bond acceptors (Lipinski definition) is 4. The van der Waals surface area contributed by atoms with Crippen molar-refractivity contribution in [2.24, 2.45) is 0 Å². The summed E-state index contributed by atoms with van der Waals surface area (Å²) in [4.78, 5) is 10.5. The van der Waals surface area contributed by atoms with Gasteiger partial charge in [0.05, 0.1) is 11.3 Å². The van der Waals surface area contributed by atoms with Crippen molar-refractivity contribution in [3.05, 3.63) is 29.3 Å². The van der Waals surface area contributed by atoms with Gasteiger partial charge in [0.25, 0.3) is 0 Å². The normalized spacial score (nSPS) is 9.31. The van der Waals surface area contributed by atoms with Gasteiger partial charge in [-0.15, -0.1) is 0 Å². The zero-order valence-electron chi connectivity index (χ0n) is 6.61. The summed E-state index contributed by atoms with van der Waals surface area (Å²) in [6.45, 7) is 0. The van der Waals surface area contributed by atoms with Crippen LogP contribution in [0, 0.1) is 5.41 Å². The molecule has 1 aromatic rings. The van der Waals surface area contributed by atoms with Gasteiger partial charge >= 0.3 is 5.97 Å². The van der Waals surface area contributed by atoms with Gasteiger partial charge in [-0.05, 0) is 18.2 Å². The van der Waals surface area contributed by atoms with Crippen LogP contribution >= 0.6 is 0 Å². The zero-order chi connectivity index (χ0) is 9.84. The molecular weight excluding hydrogens is 172 g/mol. The maximum Gasteiger partial charge on any atom is 0.335 e. The molecule has 0 saturated heterocycles. The van der Waals surface area contributed by atoms with Crippen molar-refractivity contribution in [3.63, 3.8) is 0 Å². The number of anilines is 1. The van der Waals surface area contributed by atoms with Crippen LogP contribution in [0.15, 0.2) is 18.2 Å². The minimum Gasteiger partial charge on any atom is -0.478 e. The lowest BCUT2D eigenvalue weighted by atomic mass is 10.1. The van der Waals surface area contributed by atoms with Crippen LogP contribution in [-0.2, 0) is 0 Å². The topological polar surface area (TPSA) is 93.4 Å². The third kappa shape index (κ3) is 1.83. The molecule has 1 rings (SSSR count). The molecule has 1 aromatic carbocycles. The molecule has 0 spiro atoms. The van der Waals surface area contributed by atoms with Crippen molar-refractivity contribution in [2.45, 2.75) is 0 Å². The van der Waals surface area contributed by atoms with Gasteiger partial charge in [-0.3, -0.25) is 10.7 Å². The van der Waals surface area contributed by atoms with Crippen molar-refractivity contribution in [3.8, 4) is 0 Å². The molecular formula is C8H8N2O3. The summed E-state index contributed by atoms with van der Waals surface area (Å²) in [6.07, 6.45) is 0.963. The van der Waals surface area contributed by atoms with E-state index in [-0.39, 0.29) is 5.56 Å². The van der Waals surface area contributed by atoms with E-state index in [0.29, 0.717) is 11.3 Å². The molecule has 0 heterocycles. The standard InChI is InChI=1S/C8H8N2O3/c9-4-6-3-5(8(11)12)1-2-7(6)10-13/h1-4,9-10,13H,(H,11,12). The fraction of sp³-hybridized carbons (Fsp3) is 0. The molecule has 0 saturated carbocycles. The van der Waals surface area contributed by atoms with Gasteiger partial charge in [-0.25, -0.2) is 4.79 Å². The smallest absolute Gasteiger partial charge is 0.335 e. The van der Waals surface area contributed by atoms with Crippen LogP contribution in [0.5, 0.6) is 0 Å². The quantitative estimate of drug-likeness (QED) is 0.415. The van der Waals surface area contributed by atoms with Crippen LogP contribution in [-0.4, -0.2) is 22.5 Å². The van der Waals surface area contributed by atoms with E-state index in [4.69, 9.17) is 15.7 Å². The van der Waals surface area contributed by atoms with Crippen molar-refractivity contribution in [1.82, 2.24) is 0 Å². The van der Waals surface area contributed by atoms with Crippen molar-refractivity contribution in [1.29, 1.82) is 5.41 Å². The Kier molecular flexibility index (Phi) is 2.61. The highest BCUT2D eigenvalue weighted by Crippen LogP contribution is 2.14. The van der Waals surface area contributed by atoms with Crippen molar-refractivity contribution < 1.29 is 15.1 Å². The summed E-state index contributed by atoms with van der Waals surface area (Å²) in [5.74, 6) is -1.06. The summed E-state index contributed by atoms with van der Waals surface area (Å²) in [5, 5.41) is 24.1. The summed E-state index contributed by atoms with van der Waals surface area (Å²) in [7, 11) is 0. The fourth-order valence-corrected chi connectivity index (χ4v) is 0.917. The van der Waals surface area contributed by atoms with Crippen LogP contribution in [0.25, 0.3) is 0 Å². The number of rotatable bonds is 3. The molecule has 0 radical (unpaired) electrons. The van der Waals surface area contributed by atoms with Crippen molar-refractivity contribution >= 4 is 17.9 Å². The van der Waals surface area contributed by atoms with E-state index in [9.17, 15) is 4.79 Å². The van der Waals surface area contributed by atoms with Gasteiger partial charge in [0, 0.05) is 11.8 Å². The maximum absolute atomic E-state index is 10.5. The van der Waals surface area contributed by atoms with E-state index in [1.165, 1.54) is 18.2 Å². The van der Waals surface area contributed by atoms with Gasteiger partial charge in [0.2, 0.25) is 0 Å². The molecule has 0 amide bonds. The number of hydrogen-bond donors (Lipinski definition) is 4. The lowest BCUT2D eigenvalue weighted by Gasteiger charge is -2.03. The van der Waals surface area contributed by atoms with E-state index in [0.717, 1.165) is 6.21 Å². The Hall–Kier alpha value is -1.88. The number of aromatic carboxylic acids is 1. The highest BCUT2D eigenvalue weighted by atomic mass is 16.5. The number of nitrogens with one attached hydrogen (secondary N) is 2. The Morgan fingerprint density at radius 1 is 1.54 bits per heavy atom. The molecule has 0 fully saturated rings. The first kappa shape index (κ1) is 9.21. The van der Waals surface area contributed by atoms with Gasteiger partial charge in [-0.1, -0.05) is 0 Å². The van der Waals surface area contributed by atoms with Crippen LogP contribution in [0.2, 0.25) is 0 Å². The summed E-state index contributed by atoms with van der Waals surface area (Å²) < 4.78 is 0. The molecule has 0 aliphatic heterocycles. The summed E-state index contributed by atoms with van der Waals surface area (Å²) in [6, 6.07) is 4.03.